The Morgan fingerprint density at radius 3 is 2.31 bits per heavy atom. The molecule has 76 valence electrons. The zero-order valence-electron chi connectivity index (χ0n) is 8.17. The van der Waals surface area contributed by atoms with Gasteiger partial charge < -0.3 is 16.2 Å². The van der Waals surface area contributed by atoms with Crippen LogP contribution in [0.25, 0.3) is 0 Å². The molecule has 0 aromatic carbocycles. The third kappa shape index (κ3) is 2.22. The highest BCUT2D eigenvalue weighted by atomic mass is 16.5. The Labute approximate surface area is 79.8 Å². The van der Waals surface area contributed by atoms with Crippen molar-refractivity contribution in [1.82, 2.24) is 0 Å². The summed E-state index contributed by atoms with van der Waals surface area (Å²) in [5.41, 5.74) is 12.2. The zero-order valence-corrected chi connectivity index (χ0v) is 8.17. The molecule has 0 atom stereocenters. The van der Waals surface area contributed by atoms with Crippen molar-refractivity contribution in [1.29, 1.82) is 0 Å². The molecule has 13 heavy (non-hydrogen) atoms. The fraction of sp³-hybridized carbons (Fsp3) is 1.00. The fourth-order valence-corrected chi connectivity index (χ4v) is 2.40. The Morgan fingerprint density at radius 2 is 1.85 bits per heavy atom. The van der Waals surface area contributed by atoms with Crippen LogP contribution in [0.1, 0.15) is 32.1 Å². The molecule has 2 fully saturated rings. The molecule has 3 heteroatoms. The summed E-state index contributed by atoms with van der Waals surface area (Å²) in [5, 5.41) is 0. The van der Waals surface area contributed by atoms with E-state index in [4.69, 9.17) is 16.2 Å². The van der Waals surface area contributed by atoms with Crippen LogP contribution in [0.4, 0.5) is 0 Å². The van der Waals surface area contributed by atoms with Crippen LogP contribution < -0.4 is 11.5 Å². The van der Waals surface area contributed by atoms with Gasteiger partial charge >= 0.3 is 0 Å². The number of hydrogen-bond donors (Lipinski definition) is 2. The van der Waals surface area contributed by atoms with Gasteiger partial charge in [0.25, 0.3) is 0 Å². The molecule has 0 unspecified atom stereocenters. The smallest absolute Gasteiger partial charge is 0.0517 e. The van der Waals surface area contributed by atoms with Crippen LogP contribution in [-0.4, -0.2) is 24.8 Å². The molecular weight excluding hydrogens is 164 g/mol. The van der Waals surface area contributed by atoms with E-state index in [0.717, 1.165) is 51.2 Å². The minimum absolute atomic E-state index is 0.0737. The molecule has 2 aliphatic rings. The van der Waals surface area contributed by atoms with Gasteiger partial charge in [0.1, 0.15) is 0 Å². The summed E-state index contributed by atoms with van der Waals surface area (Å²) in [4.78, 5) is 0. The average Bonchev–Trinajstić information content (AvgIpc) is 2.05. The van der Waals surface area contributed by atoms with Crippen LogP contribution in [0, 0.1) is 5.92 Å². The van der Waals surface area contributed by atoms with E-state index in [0.29, 0.717) is 6.04 Å². The highest BCUT2D eigenvalue weighted by Gasteiger charge is 2.34. The number of rotatable bonds is 2. The van der Waals surface area contributed by atoms with Crippen LogP contribution in [0.5, 0.6) is 0 Å². The lowest BCUT2D eigenvalue weighted by atomic mass is 9.75. The van der Waals surface area contributed by atoms with Crippen molar-refractivity contribution < 1.29 is 4.74 Å². The van der Waals surface area contributed by atoms with E-state index in [1.165, 1.54) is 0 Å². The van der Waals surface area contributed by atoms with Crippen molar-refractivity contribution >= 4 is 0 Å². The maximum Gasteiger partial charge on any atom is 0.0517 e. The van der Waals surface area contributed by atoms with E-state index in [9.17, 15) is 0 Å². The Hall–Kier alpha value is -0.120. The molecule has 0 bridgehead atoms. The minimum atomic E-state index is 0.0737. The summed E-state index contributed by atoms with van der Waals surface area (Å²) in [6.45, 7) is 1.84. The first kappa shape index (κ1) is 9.44. The normalized spacial score (nSPS) is 41.5. The molecular formula is C10H20N2O. The quantitative estimate of drug-likeness (QED) is 0.661. The second kappa shape index (κ2) is 3.56. The van der Waals surface area contributed by atoms with Crippen LogP contribution >= 0.6 is 0 Å². The molecule has 0 aromatic rings. The van der Waals surface area contributed by atoms with Gasteiger partial charge in [-0.2, -0.15) is 0 Å². The van der Waals surface area contributed by atoms with E-state index in [-0.39, 0.29) is 5.54 Å². The second-order valence-electron chi connectivity index (χ2n) is 4.81. The maximum atomic E-state index is 6.32. The van der Waals surface area contributed by atoms with Crippen molar-refractivity contribution in [2.24, 2.45) is 17.4 Å². The van der Waals surface area contributed by atoms with Crippen molar-refractivity contribution in [3.05, 3.63) is 0 Å². The van der Waals surface area contributed by atoms with Gasteiger partial charge in [0.15, 0.2) is 0 Å². The topological polar surface area (TPSA) is 61.3 Å². The third-order valence-corrected chi connectivity index (χ3v) is 3.43. The van der Waals surface area contributed by atoms with Gasteiger partial charge in [-0.25, -0.2) is 0 Å². The maximum absolute atomic E-state index is 6.32. The van der Waals surface area contributed by atoms with Crippen molar-refractivity contribution in [2.75, 3.05) is 13.2 Å². The van der Waals surface area contributed by atoms with Crippen LogP contribution in [0.15, 0.2) is 0 Å². The standard InChI is InChI=1S/C10H20N2O/c11-9-1-3-10(12,4-2-9)5-8-6-13-7-8/h8-9H,1-7,11-12H2. The van der Waals surface area contributed by atoms with Crippen molar-refractivity contribution in [3.8, 4) is 0 Å². The first-order valence-corrected chi connectivity index (χ1v) is 5.30. The molecule has 1 saturated heterocycles. The van der Waals surface area contributed by atoms with Gasteiger partial charge in [0, 0.05) is 17.5 Å². The van der Waals surface area contributed by atoms with Gasteiger partial charge in [-0.05, 0) is 32.1 Å². The SMILES string of the molecule is NC1CCC(N)(CC2COC2)CC1. The predicted molar refractivity (Wildman–Crippen MR) is 52.3 cm³/mol. The van der Waals surface area contributed by atoms with Gasteiger partial charge in [-0.15, -0.1) is 0 Å². The number of hydrogen-bond acceptors (Lipinski definition) is 3. The molecule has 1 aliphatic carbocycles. The van der Waals surface area contributed by atoms with Crippen LogP contribution in [-0.2, 0) is 4.74 Å². The van der Waals surface area contributed by atoms with Crippen LogP contribution in [0.3, 0.4) is 0 Å². The Kier molecular flexibility index (Phi) is 2.58. The summed E-state index contributed by atoms with van der Waals surface area (Å²) >= 11 is 0. The Bertz CT molecular complexity index is 172. The monoisotopic (exact) mass is 184 g/mol. The average molecular weight is 184 g/mol. The zero-order chi connectivity index (χ0) is 9.31. The van der Waals surface area contributed by atoms with E-state index in [2.05, 4.69) is 0 Å². The van der Waals surface area contributed by atoms with Crippen LogP contribution in [0.2, 0.25) is 0 Å². The lowest BCUT2D eigenvalue weighted by Crippen LogP contribution is -2.49. The molecule has 0 aromatic heterocycles. The predicted octanol–water partition coefficient (Wildman–Crippen LogP) is 0.622. The summed E-state index contributed by atoms with van der Waals surface area (Å²) in [7, 11) is 0. The van der Waals surface area contributed by atoms with E-state index in [1.807, 2.05) is 0 Å². The van der Waals surface area contributed by atoms with Gasteiger partial charge in [-0.1, -0.05) is 0 Å². The van der Waals surface area contributed by atoms with E-state index < -0.39 is 0 Å². The summed E-state index contributed by atoms with van der Waals surface area (Å²) in [6.07, 6.45) is 5.54. The minimum Gasteiger partial charge on any atom is -0.381 e. The second-order valence-corrected chi connectivity index (χ2v) is 4.81. The van der Waals surface area contributed by atoms with Gasteiger partial charge in [-0.3, -0.25) is 0 Å². The molecule has 4 N–H and O–H groups in total. The summed E-state index contributed by atoms with van der Waals surface area (Å²) in [6, 6.07) is 0.398. The molecule has 0 radical (unpaired) electrons. The third-order valence-electron chi connectivity index (χ3n) is 3.43. The first-order valence-electron chi connectivity index (χ1n) is 5.30. The fourth-order valence-electron chi connectivity index (χ4n) is 2.40. The molecule has 1 heterocycles. The highest BCUT2D eigenvalue weighted by molar-refractivity contribution is 4.93. The van der Waals surface area contributed by atoms with Gasteiger partial charge in [0.2, 0.25) is 0 Å². The molecule has 2 rings (SSSR count). The van der Waals surface area contributed by atoms with E-state index in [1.54, 1.807) is 0 Å². The van der Waals surface area contributed by atoms with Gasteiger partial charge in [0.05, 0.1) is 13.2 Å². The molecule has 1 aliphatic heterocycles. The molecule has 3 nitrogen and oxygen atoms in total. The summed E-state index contributed by atoms with van der Waals surface area (Å²) in [5.74, 6) is 0.722. The number of ether oxygens (including phenoxy) is 1. The lowest BCUT2D eigenvalue weighted by molar-refractivity contribution is -0.0480. The highest BCUT2D eigenvalue weighted by Crippen LogP contribution is 2.32. The molecule has 0 spiro atoms. The lowest BCUT2D eigenvalue weighted by Gasteiger charge is -2.40. The Balaban J connectivity index is 1.81. The van der Waals surface area contributed by atoms with Crippen molar-refractivity contribution in [2.45, 2.75) is 43.7 Å². The number of nitrogens with two attached hydrogens (primary N) is 2. The first-order chi connectivity index (χ1) is 6.18. The summed E-state index contributed by atoms with van der Waals surface area (Å²) < 4.78 is 5.16. The Morgan fingerprint density at radius 1 is 1.23 bits per heavy atom. The molecule has 1 saturated carbocycles. The largest absolute Gasteiger partial charge is 0.381 e. The molecule has 0 amide bonds. The van der Waals surface area contributed by atoms with E-state index >= 15 is 0 Å². The van der Waals surface area contributed by atoms with Crippen molar-refractivity contribution in [3.63, 3.8) is 0 Å².